The van der Waals surface area contributed by atoms with Crippen LogP contribution < -0.4 is 0 Å². The number of hydrogen-bond donors (Lipinski definition) is 1. The van der Waals surface area contributed by atoms with Crippen molar-refractivity contribution in [2.24, 2.45) is 7.05 Å². The molecule has 0 aromatic carbocycles. The standard InChI is InChI=1S/C9H10N4O/c1-13-6-5-12-9(13)7(14)8-10-3-2-4-11-8/h2-7,14H,1H3. The number of rotatable bonds is 2. The Morgan fingerprint density at radius 1 is 1.21 bits per heavy atom. The highest BCUT2D eigenvalue weighted by molar-refractivity contribution is 5.07. The summed E-state index contributed by atoms with van der Waals surface area (Å²) in [5.41, 5.74) is 0. The van der Waals surface area contributed by atoms with E-state index in [1.165, 1.54) is 0 Å². The van der Waals surface area contributed by atoms with Crippen LogP contribution in [0.5, 0.6) is 0 Å². The second-order valence-electron chi connectivity index (χ2n) is 2.91. The number of imidazole rings is 1. The number of hydrogen-bond acceptors (Lipinski definition) is 4. The van der Waals surface area contributed by atoms with Gasteiger partial charge in [-0.15, -0.1) is 0 Å². The Balaban J connectivity index is 2.34. The van der Waals surface area contributed by atoms with Crippen molar-refractivity contribution in [1.82, 2.24) is 19.5 Å². The van der Waals surface area contributed by atoms with Crippen molar-refractivity contribution >= 4 is 0 Å². The van der Waals surface area contributed by atoms with Crippen LogP contribution in [-0.2, 0) is 7.05 Å². The molecule has 0 radical (unpaired) electrons. The van der Waals surface area contributed by atoms with Crippen LogP contribution in [0.15, 0.2) is 30.9 Å². The number of aliphatic hydroxyl groups excluding tert-OH is 1. The van der Waals surface area contributed by atoms with Crippen molar-refractivity contribution in [3.8, 4) is 0 Å². The molecule has 14 heavy (non-hydrogen) atoms. The van der Waals surface area contributed by atoms with E-state index in [1.54, 1.807) is 35.4 Å². The predicted octanol–water partition coefficient (Wildman–Crippen LogP) is 0.292. The van der Waals surface area contributed by atoms with Gasteiger partial charge >= 0.3 is 0 Å². The Labute approximate surface area is 81.1 Å². The number of nitrogens with zero attached hydrogens (tertiary/aromatic N) is 4. The summed E-state index contributed by atoms with van der Waals surface area (Å²) >= 11 is 0. The van der Waals surface area contributed by atoms with Crippen molar-refractivity contribution in [3.63, 3.8) is 0 Å². The first-order valence-corrected chi connectivity index (χ1v) is 4.21. The molecule has 2 aromatic rings. The van der Waals surface area contributed by atoms with Crippen molar-refractivity contribution in [2.75, 3.05) is 0 Å². The lowest BCUT2D eigenvalue weighted by molar-refractivity contribution is 0.196. The summed E-state index contributed by atoms with van der Waals surface area (Å²) in [4.78, 5) is 11.9. The Morgan fingerprint density at radius 3 is 2.50 bits per heavy atom. The fraction of sp³-hybridized carbons (Fsp3) is 0.222. The highest BCUT2D eigenvalue weighted by Crippen LogP contribution is 2.14. The summed E-state index contributed by atoms with van der Waals surface area (Å²) in [5, 5.41) is 9.85. The minimum absolute atomic E-state index is 0.363. The van der Waals surface area contributed by atoms with E-state index in [9.17, 15) is 5.11 Å². The normalized spacial score (nSPS) is 12.7. The second-order valence-corrected chi connectivity index (χ2v) is 2.91. The number of aromatic nitrogens is 4. The van der Waals surface area contributed by atoms with Gasteiger partial charge in [-0.2, -0.15) is 0 Å². The van der Waals surface area contributed by atoms with E-state index in [0.29, 0.717) is 11.6 Å². The molecule has 0 aliphatic heterocycles. The molecule has 1 N–H and O–H groups in total. The van der Waals surface area contributed by atoms with E-state index < -0.39 is 6.10 Å². The van der Waals surface area contributed by atoms with E-state index >= 15 is 0 Å². The average Bonchev–Trinajstić information content (AvgIpc) is 2.65. The minimum Gasteiger partial charge on any atom is -0.377 e. The molecule has 5 heteroatoms. The Morgan fingerprint density at radius 2 is 1.93 bits per heavy atom. The first kappa shape index (κ1) is 8.83. The van der Waals surface area contributed by atoms with Crippen molar-refractivity contribution in [1.29, 1.82) is 0 Å². The number of aryl methyl sites for hydroxylation is 1. The fourth-order valence-corrected chi connectivity index (χ4v) is 1.21. The quantitative estimate of drug-likeness (QED) is 0.739. The third kappa shape index (κ3) is 1.49. The predicted molar refractivity (Wildman–Crippen MR) is 49.3 cm³/mol. The molecular formula is C9H10N4O. The van der Waals surface area contributed by atoms with Crippen LogP contribution in [0.4, 0.5) is 0 Å². The molecule has 2 rings (SSSR count). The molecule has 0 aliphatic rings. The Hall–Kier alpha value is -1.75. The SMILES string of the molecule is Cn1ccnc1C(O)c1ncccn1. The van der Waals surface area contributed by atoms with E-state index in [0.717, 1.165) is 0 Å². The van der Waals surface area contributed by atoms with E-state index in [-0.39, 0.29) is 0 Å². The highest BCUT2D eigenvalue weighted by Gasteiger charge is 2.16. The largest absolute Gasteiger partial charge is 0.377 e. The molecule has 0 saturated heterocycles. The van der Waals surface area contributed by atoms with Gasteiger partial charge in [0.25, 0.3) is 0 Å². The van der Waals surface area contributed by atoms with Crippen LogP contribution in [0.3, 0.4) is 0 Å². The summed E-state index contributed by atoms with van der Waals surface area (Å²) in [6.07, 6.45) is 5.71. The van der Waals surface area contributed by atoms with Gasteiger partial charge in [-0.1, -0.05) is 0 Å². The second kappa shape index (κ2) is 3.55. The van der Waals surface area contributed by atoms with Crippen LogP contribution in [0, 0.1) is 0 Å². The monoisotopic (exact) mass is 190 g/mol. The molecule has 0 amide bonds. The summed E-state index contributed by atoms with van der Waals surface area (Å²) in [7, 11) is 1.81. The molecule has 2 heterocycles. The first-order valence-electron chi connectivity index (χ1n) is 4.21. The van der Waals surface area contributed by atoms with E-state index in [2.05, 4.69) is 15.0 Å². The molecule has 1 atom stereocenters. The van der Waals surface area contributed by atoms with Crippen LogP contribution in [0.25, 0.3) is 0 Å². The molecule has 1 unspecified atom stereocenters. The molecule has 0 bridgehead atoms. The first-order chi connectivity index (χ1) is 6.79. The maximum atomic E-state index is 9.85. The molecule has 0 spiro atoms. The molecule has 2 aromatic heterocycles. The van der Waals surface area contributed by atoms with E-state index in [4.69, 9.17) is 0 Å². The zero-order valence-corrected chi connectivity index (χ0v) is 7.70. The lowest BCUT2D eigenvalue weighted by atomic mass is 10.3. The Bertz CT molecular complexity index is 412. The third-order valence-corrected chi connectivity index (χ3v) is 1.93. The summed E-state index contributed by atoms with van der Waals surface area (Å²) < 4.78 is 1.74. The topological polar surface area (TPSA) is 63.8 Å². The smallest absolute Gasteiger partial charge is 0.171 e. The van der Waals surface area contributed by atoms with Gasteiger partial charge in [-0.05, 0) is 6.07 Å². The highest BCUT2D eigenvalue weighted by atomic mass is 16.3. The van der Waals surface area contributed by atoms with Gasteiger partial charge in [-0.3, -0.25) is 0 Å². The molecule has 0 fully saturated rings. The molecule has 72 valence electrons. The third-order valence-electron chi connectivity index (χ3n) is 1.93. The average molecular weight is 190 g/mol. The van der Waals surface area contributed by atoms with Crippen LogP contribution in [0.2, 0.25) is 0 Å². The van der Waals surface area contributed by atoms with Crippen molar-refractivity contribution in [3.05, 3.63) is 42.5 Å². The van der Waals surface area contributed by atoms with Crippen LogP contribution >= 0.6 is 0 Å². The maximum Gasteiger partial charge on any atom is 0.171 e. The molecular weight excluding hydrogens is 180 g/mol. The van der Waals surface area contributed by atoms with Gasteiger partial charge in [-0.25, -0.2) is 15.0 Å². The number of aliphatic hydroxyl groups is 1. The van der Waals surface area contributed by atoms with Gasteiger partial charge in [0, 0.05) is 31.8 Å². The molecule has 0 aliphatic carbocycles. The fourth-order valence-electron chi connectivity index (χ4n) is 1.21. The minimum atomic E-state index is -0.865. The van der Waals surface area contributed by atoms with Gasteiger partial charge in [0.15, 0.2) is 11.9 Å². The molecule has 0 saturated carbocycles. The summed E-state index contributed by atoms with van der Waals surface area (Å²) in [6.45, 7) is 0. The van der Waals surface area contributed by atoms with Crippen LogP contribution in [0.1, 0.15) is 17.8 Å². The Kier molecular flexibility index (Phi) is 2.24. The zero-order chi connectivity index (χ0) is 9.97. The lowest BCUT2D eigenvalue weighted by Crippen LogP contribution is -2.09. The zero-order valence-electron chi connectivity index (χ0n) is 7.70. The van der Waals surface area contributed by atoms with E-state index in [1.807, 2.05) is 7.05 Å². The lowest BCUT2D eigenvalue weighted by Gasteiger charge is -2.07. The van der Waals surface area contributed by atoms with Crippen molar-refractivity contribution < 1.29 is 5.11 Å². The van der Waals surface area contributed by atoms with Crippen LogP contribution in [-0.4, -0.2) is 24.6 Å². The summed E-state index contributed by atoms with van der Waals surface area (Å²) in [5.74, 6) is 0.901. The van der Waals surface area contributed by atoms with Gasteiger partial charge in [0.1, 0.15) is 5.82 Å². The molecule has 5 nitrogen and oxygen atoms in total. The van der Waals surface area contributed by atoms with Gasteiger partial charge in [0.05, 0.1) is 0 Å². The van der Waals surface area contributed by atoms with Gasteiger partial charge < -0.3 is 9.67 Å². The summed E-state index contributed by atoms with van der Waals surface area (Å²) in [6, 6.07) is 1.70. The van der Waals surface area contributed by atoms with Crippen molar-refractivity contribution in [2.45, 2.75) is 6.10 Å². The van der Waals surface area contributed by atoms with Gasteiger partial charge in [0.2, 0.25) is 0 Å². The maximum absolute atomic E-state index is 9.85.